The summed E-state index contributed by atoms with van der Waals surface area (Å²) >= 11 is 0. The topological polar surface area (TPSA) is 31.5 Å². The second-order valence-electron chi connectivity index (χ2n) is 3.34. The van der Waals surface area contributed by atoms with Gasteiger partial charge in [0.05, 0.1) is 0 Å². The van der Waals surface area contributed by atoms with Gasteiger partial charge in [-0.15, -0.1) is 0 Å². The highest BCUT2D eigenvalue weighted by Gasteiger charge is 1.84. The van der Waals surface area contributed by atoms with Gasteiger partial charge in [0.1, 0.15) is 0 Å². The lowest BCUT2D eigenvalue weighted by Gasteiger charge is -1.94. The Bertz CT molecular complexity index is 199. The van der Waals surface area contributed by atoms with Crippen LogP contribution in [0.4, 0.5) is 0 Å². The summed E-state index contributed by atoms with van der Waals surface area (Å²) in [7, 11) is 0. The van der Waals surface area contributed by atoms with E-state index in [0.29, 0.717) is 0 Å². The molecule has 1 rings (SSSR count). The Labute approximate surface area is 102 Å². The van der Waals surface area contributed by atoms with E-state index in [-0.39, 0.29) is 5.48 Å². The maximum Gasteiger partial charge on any atom is -0.0307 e. The molecule has 1 heteroatoms. The van der Waals surface area contributed by atoms with E-state index in [1.165, 1.54) is 24.0 Å². The fourth-order valence-corrected chi connectivity index (χ4v) is 0.824. The molecule has 0 aliphatic rings. The maximum atomic E-state index is 2.18. The molecule has 0 atom stereocenters. The van der Waals surface area contributed by atoms with Gasteiger partial charge in [-0.1, -0.05) is 77.3 Å². The summed E-state index contributed by atoms with van der Waals surface area (Å²) in [5.74, 6) is 0. The molecule has 96 valence electrons. The van der Waals surface area contributed by atoms with E-state index in [1.54, 1.807) is 0 Å². The van der Waals surface area contributed by atoms with Gasteiger partial charge >= 0.3 is 0 Å². The van der Waals surface area contributed by atoms with Crippen molar-refractivity contribution in [2.24, 2.45) is 0 Å². The van der Waals surface area contributed by atoms with Crippen molar-refractivity contribution in [3.8, 4) is 0 Å². The maximum absolute atomic E-state index is 2.18. The first kappa shape index (κ1) is 20.6. The molecule has 0 saturated carbocycles. The number of hydrogen-bond acceptors (Lipinski definition) is 0. The van der Waals surface area contributed by atoms with Crippen LogP contribution in [-0.4, -0.2) is 5.48 Å². The summed E-state index contributed by atoms with van der Waals surface area (Å²) < 4.78 is 0. The zero-order valence-corrected chi connectivity index (χ0v) is 11.9. The molecule has 0 saturated heterocycles. The van der Waals surface area contributed by atoms with Crippen LogP contribution in [0.15, 0.2) is 24.3 Å². The average Bonchev–Trinajstić information content (AvgIpc) is 2.33. The Morgan fingerprint density at radius 1 is 0.812 bits per heavy atom. The summed E-state index contributed by atoms with van der Waals surface area (Å²) in [6, 6.07) is 8.66. The molecule has 0 radical (unpaired) electrons. The quantitative estimate of drug-likeness (QED) is 0.707. The lowest BCUT2D eigenvalue weighted by atomic mass is 10.1. The second-order valence-corrected chi connectivity index (χ2v) is 3.34. The van der Waals surface area contributed by atoms with Crippen LogP contribution >= 0.6 is 0 Å². The van der Waals surface area contributed by atoms with Crippen molar-refractivity contribution < 1.29 is 5.48 Å². The summed E-state index contributed by atoms with van der Waals surface area (Å²) in [4.78, 5) is 0. The molecular formula is C15H30O. The fraction of sp³-hybridized carbons (Fsp3) is 0.600. The Morgan fingerprint density at radius 3 is 1.44 bits per heavy atom. The molecule has 0 amide bonds. The number of hydrogen-bond donors (Lipinski definition) is 0. The lowest BCUT2D eigenvalue weighted by molar-refractivity contribution is 0.824. The molecule has 0 unspecified atom stereocenters. The van der Waals surface area contributed by atoms with E-state index < -0.39 is 0 Å². The van der Waals surface area contributed by atoms with E-state index in [9.17, 15) is 0 Å². The van der Waals surface area contributed by atoms with Gasteiger partial charge in [-0.05, 0) is 18.9 Å². The number of aryl methyl sites for hydroxylation is 2. The molecule has 0 spiro atoms. The standard InChI is InChI=1S/C9H12.C4H10.C2H6.H2O/c1-3-9-6-4-8(2)5-7-9;1-3-4-2;1-2;/h4-7H,3H2,1-2H3;3-4H2,1-2H3;1-2H3;1H2. The molecule has 1 aromatic carbocycles. The minimum atomic E-state index is 0. The highest BCUT2D eigenvalue weighted by molar-refractivity contribution is 5.20. The number of unbranched alkanes of at least 4 members (excludes halogenated alkanes) is 1. The predicted octanol–water partition coefficient (Wildman–Crippen LogP) is 4.57. The van der Waals surface area contributed by atoms with E-state index in [0.717, 1.165) is 6.42 Å². The van der Waals surface area contributed by atoms with Crippen LogP contribution in [-0.2, 0) is 6.42 Å². The van der Waals surface area contributed by atoms with E-state index in [1.807, 2.05) is 13.8 Å². The molecule has 0 aromatic heterocycles. The van der Waals surface area contributed by atoms with E-state index in [2.05, 4.69) is 52.0 Å². The van der Waals surface area contributed by atoms with Crippen molar-refractivity contribution in [2.45, 2.75) is 60.8 Å². The summed E-state index contributed by atoms with van der Waals surface area (Å²) in [6.07, 6.45) is 3.78. The SMILES string of the molecule is CC.CCCC.CCc1ccc(C)cc1.O. The molecule has 1 aromatic rings. The Morgan fingerprint density at radius 2 is 1.19 bits per heavy atom. The largest absolute Gasteiger partial charge is 0.412 e. The summed E-state index contributed by atoms with van der Waals surface area (Å²) in [5.41, 5.74) is 2.76. The van der Waals surface area contributed by atoms with Gasteiger partial charge in [0.15, 0.2) is 0 Å². The molecule has 1 nitrogen and oxygen atoms in total. The summed E-state index contributed by atoms with van der Waals surface area (Å²) in [6.45, 7) is 12.6. The minimum absolute atomic E-state index is 0. The number of rotatable bonds is 2. The second kappa shape index (κ2) is 16.6. The van der Waals surface area contributed by atoms with Crippen molar-refractivity contribution in [1.82, 2.24) is 0 Å². The van der Waals surface area contributed by atoms with Gasteiger partial charge in [-0.25, -0.2) is 0 Å². The van der Waals surface area contributed by atoms with Gasteiger partial charge in [-0.2, -0.15) is 0 Å². The summed E-state index contributed by atoms with van der Waals surface area (Å²) in [5, 5.41) is 0. The van der Waals surface area contributed by atoms with Crippen molar-refractivity contribution in [3.63, 3.8) is 0 Å². The molecule has 16 heavy (non-hydrogen) atoms. The van der Waals surface area contributed by atoms with Crippen LogP contribution in [0, 0.1) is 6.92 Å². The zero-order chi connectivity index (χ0) is 12.1. The van der Waals surface area contributed by atoms with Crippen LogP contribution in [0.25, 0.3) is 0 Å². The van der Waals surface area contributed by atoms with Crippen LogP contribution in [0.2, 0.25) is 0 Å². The van der Waals surface area contributed by atoms with Crippen molar-refractivity contribution in [2.75, 3.05) is 0 Å². The lowest BCUT2D eigenvalue weighted by Crippen LogP contribution is -1.77. The number of benzene rings is 1. The van der Waals surface area contributed by atoms with E-state index >= 15 is 0 Å². The molecule has 0 fully saturated rings. The normalized spacial score (nSPS) is 7.62. The monoisotopic (exact) mass is 226 g/mol. The third-order valence-electron chi connectivity index (χ3n) is 2.03. The molecule has 2 N–H and O–H groups in total. The third kappa shape index (κ3) is 13.2. The van der Waals surface area contributed by atoms with Crippen LogP contribution in [0.3, 0.4) is 0 Å². The van der Waals surface area contributed by atoms with Crippen molar-refractivity contribution in [3.05, 3.63) is 35.4 Å². The molecule has 0 aliphatic carbocycles. The van der Waals surface area contributed by atoms with Gasteiger partial charge in [-0.3, -0.25) is 0 Å². The minimum Gasteiger partial charge on any atom is -0.412 e. The van der Waals surface area contributed by atoms with Crippen molar-refractivity contribution >= 4 is 0 Å². The molecular weight excluding hydrogens is 196 g/mol. The molecule has 0 heterocycles. The average molecular weight is 226 g/mol. The van der Waals surface area contributed by atoms with Crippen LogP contribution < -0.4 is 0 Å². The van der Waals surface area contributed by atoms with Crippen LogP contribution in [0.1, 0.15) is 58.6 Å². The van der Waals surface area contributed by atoms with Crippen molar-refractivity contribution in [1.29, 1.82) is 0 Å². The first-order chi connectivity index (χ1) is 7.24. The highest BCUT2D eigenvalue weighted by atomic mass is 16.0. The van der Waals surface area contributed by atoms with E-state index in [4.69, 9.17) is 0 Å². The van der Waals surface area contributed by atoms with Gasteiger partial charge in [0.25, 0.3) is 0 Å². The highest BCUT2D eigenvalue weighted by Crippen LogP contribution is 2.02. The van der Waals surface area contributed by atoms with Gasteiger partial charge < -0.3 is 5.48 Å². The first-order valence-corrected chi connectivity index (χ1v) is 6.30. The first-order valence-electron chi connectivity index (χ1n) is 6.30. The fourth-order valence-electron chi connectivity index (χ4n) is 0.824. The van der Waals surface area contributed by atoms with Gasteiger partial charge in [0.2, 0.25) is 0 Å². The smallest absolute Gasteiger partial charge is 0.0307 e. The Balaban J connectivity index is -0.000000209. The third-order valence-corrected chi connectivity index (χ3v) is 2.03. The van der Waals surface area contributed by atoms with Crippen LogP contribution in [0.5, 0.6) is 0 Å². The molecule has 0 bridgehead atoms. The predicted molar refractivity (Wildman–Crippen MR) is 76.1 cm³/mol. The Kier molecular flexibility index (Phi) is 21.4. The van der Waals surface area contributed by atoms with Gasteiger partial charge in [0, 0.05) is 0 Å². The Hall–Kier alpha value is -0.820. The zero-order valence-electron chi connectivity index (χ0n) is 11.9. The molecule has 0 aliphatic heterocycles.